The van der Waals surface area contributed by atoms with Crippen LogP contribution in [0.5, 0.6) is 5.75 Å². The Hall–Kier alpha value is -1.51. The van der Waals surface area contributed by atoms with Gasteiger partial charge in [0.15, 0.2) is 0 Å². The zero-order valence-electron chi connectivity index (χ0n) is 14.4. The minimum absolute atomic E-state index is 0.234. The van der Waals surface area contributed by atoms with Crippen molar-refractivity contribution < 1.29 is 9.53 Å². The molecule has 126 valence electrons. The summed E-state index contributed by atoms with van der Waals surface area (Å²) in [6.07, 6.45) is 8.86. The van der Waals surface area contributed by atoms with Crippen molar-refractivity contribution in [2.45, 2.75) is 70.3 Å². The van der Waals surface area contributed by atoms with Gasteiger partial charge in [0.05, 0.1) is 7.11 Å². The van der Waals surface area contributed by atoms with Crippen LogP contribution in [0.15, 0.2) is 18.2 Å². The van der Waals surface area contributed by atoms with E-state index in [1.165, 1.54) is 30.4 Å². The lowest BCUT2D eigenvalue weighted by Gasteiger charge is -2.29. The van der Waals surface area contributed by atoms with E-state index in [0.29, 0.717) is 18.4 Å². The first-order valence-electron chi connectivity index (χ1n) is 9.12. The Kier molecular flexibility index (Phi) is 5.24. The van der Waals surface area contributed by atoms with Gasteiger partial charge >= 0.3 is 0 Å². The van der Waals surface area contributed by atoms with E-state index in [1.807, 2.05) is 6.07 Å². The number of nitrogens with one attached hydrogen (secondary N) is 1. The standard InChI is InChI=1S/C20H29NO2/c1-14-5-3-8-17(11-14)21-20(22)13-16-7-4-6-15-12-18(23-2)9-10-19(15)16/h9-10,12,14,16-17H,3-8,11,13H2,1-2H3,(H,21,22). The number of amides is 1. The largest absolute Gasteiger partial charge is 0.497 e. The minimum atomic E-state index is 0.234. The van der Waals surface area contributed by atoms with Crippen molar-refractivity contribution in [3.05, 3.63) is 29.3 Å². The number of hydrogen-bond acceptors (Lipinski definition) is 2. The SMILES string of the molecule is COc1ccc2c(c1)CCCC2CC(=O)NC1CCCC(C)C1. The lowest BCUT2D eigenvalue weighted by molar-refractivity contribution is -0.122. The van der Waals surface area contributed by atoms with E-state index in [0.717, 1.165) is 37.4 Å². The number of rotatable bonds is 4. The fourth-order valence-electron chi connectivity index (χ4n) is 4.31. The third-order valence-corrected chi connectivity index (χ3v) is 5.52. The van der Waals surface area contributed by atoms with Crippen molar-refractivity contribution in [3.63, 3.8) is 0 Å². The molecule has 3 nitrogen and oxygen atoms in total. The molecule has 0 bridgehead atoms. The normalized spacial score (nSPS) is 27.1. The van der Waals surface area contributed by atoms with Gasteiger partial charge in [-0.25, -0.2) is 0 Å². The molecule has 0 saturated heterocycles. The van der Waals surface area contributed by atoms with Gasteiger partial charge in [-0.05, 0) is 67.2 Å². The molecule has 3 atom stereocenters. The Labute approximate surface area is 139 Å². The highest BCUT2D eigenvalue weighted by Gasteiger charge is 2.25. The zero-order valence-corrected chi connectivity index (χ0v) is 14.4. The second kappa shape index (κ2) is 7.37. The maximum absolute atomic E-state index is 12.5. The van der Waals surface area contributed by atoms with Crippen molar-refractivity contribution in [2.24, 2.45) is 5.92 Å². The number of ether oxygens (including phenoxy) is 1. The predicted molar refractivity (Wildman–Crippen MR) is 92.9 cm³/mol. The van der Waals surface area contributed by atoms with E-state index in [2.05, 4.69) is 24.4 Å². The van der Waals surface area contributed by atoms with Crippen molar-refractivity contribution in [3.8, 4) is 5.75 Å². The number of fused-ring (bicyclic) bond motifs is 1. The van der Waals surface area contributed by atoms with Crippen LogP contribution in [0, 0.1) is 5.92 Å². The molecule has 3 unspecified atom stereocenters. The zero-order chi connectivity index (χ0) is 16.2. The van der Waals surface area contributed by atoms with Gasteiger partial charge in [-0.15, -0.1) is 0 Å². The van der Waals surface area contributed by atoms with Crippen LogP contribution in [-0.4, -0.2) is 19.1 Å². The molecule has 0 heterocycles. The highest BCUT2D eigenvalue weighted by Crippen LogP contribution is 2.36. The molecule has 0 aromatic heterocycles. The summed E-state index contributed by atoms with van der Waals surface area (Å²) in [6.45, 7) is 2.29. The Morgan fingerprint density at radius 1 is 1.26 bits per heavy atom. The molecule has 0 aliphatic heterocycles. The Bertz CT molecular complexity index is 555. The van der Waals surface area contributed by atoms with E-state index in [9.17, 15) is 4.79 Å². The summed E-state index contributed by atoms with van der Waals surface area (Å²) in [6, 6.07) is 6.72. The third-order valence-electron chi connectivity index (χ3n) is 5.52. The second-order valence-corrected chi connectivity index (χ2v) is 7.39. The molecule has 1 amide bonds. The van der Waals surface area contributed by atoms with Gasteiger partial charge in [0, 0.05) is 12.5 Å². The molecule has 0 radical (unpaired) electrons. The second-order valence-electron chi connectivity index (χ2n) is 7.39. The monoisotopic (exact) mass is 315 g/mol. The van der Waals surface area contributed by atoms with Gasteiger partial charge < -0.3 is 10.1 Å². The fraction of sp³-hybridized carbons (Fsp3) is 0.650. The van der Waals surface area contributed by atoms with Crippen LogP contribution >= 0.6 is 0 Å². The van der Waals surface area contributed by atoms with E-state index in [-0.39, 0.29) is 5.91 Å². The van der Waals surface area contributed by atoms with Crippen molar-refractivity contribution in [1.29, 1.82) is 0 Å². The number of carbonyl (C=O) groups is 1. The average Bonchev–Trinajstić information content (AvgIpc) is 2.54. The summed E-state index contributed by atoms with van der Waals surface area (Å²) in [5, 5.41) is 3.29. The fourth-order valence-corrected chi connectivity index (χ4v) is 4.31. The topological polar surface area (TPSA) is 38.3 Å². The number of hydrogen-bond donors (Lipinski definition) is 1. The summed E-state index contributed by atoms with van der Waals surface area (Å²) >= 11 is 0. The van der Waals surface area contributed by atoms with Crippen LogP contribution in [0.3, 0.4) is 0 Å². The average molecular weight is 315 g/mol. The number of aryl methyl sites for hydroxylation is 1. The molecule has 23 heavy (non-hydrogen) atoms. The molecule has 1 saturated carbocycles. The first-order valence-corrected chi connectivity index (χ1v) is 9.12. The molecule has 3 rings (SSSR count). The molecule has 0 spiro atoms. The van der Waals surface area contributed by atoms with E-state index < -0.39 is 0 Å². The maximum Gasteiger partial charge on any atom is 0.220 e. The predicted octanol–water partition coefficient (Wildman–Crippen LogP) is 4.20. The van der Waals surface area contributed by atoms with Crippen LogP contribution in [0.4, 0.5) is 0 Å². The molecule has 1 N–H and O–H groups in total. The van der Waals surface area contributed by atoms with Gasteiger partial charge in [0.25, 0.3) is 0 Å². The molecule has 1 fully saturated rings. The summed E-state index contributed by atoms with van der Waals surface area (Å²) < 4.78 is 5.33. The Balaban J connectivity index is 1.61. The number of carbonyl (C=O) groups excluding carboxylic acids is 1. The first kappa shape index (κ1) is 16.4. The quantitative estimate of drug-likeness (QED) is 0.904. The summed E-state index contributed by atoms with van der Waals surface area (Å²) in [5.41, 5.74) is 2.71. The van der Waals surface area contributed by atoms with Gasteiger partial charge in [-0.1, -0.05) is 25.8 Å². The van der Waals surface area contributed by atoms with Crippen molar-refractivity contribution in [1.82, 2.24) is 5.32 Å². The van der Waals surface area contributed by atoms with E-state index >= 15 is 0 Å². The summed E-state index contributed by atoms with van der Waals surface area (Å²) in [5.74, 6) is 2.27. The highest BCUT2D eigenvalue weighted by atomic mass is 16.5. The van der Waals surface area contributed by atoms with Gasteiger partial charge in [0.1, 0.15) is 5.75 Å². The number of benzene rings is 1. The lowest BCUT2D eigenvalue weighted by Crippen LogP contribution is -2.38. The Morgan fingerprint density at radius 2 is 2.13 bits per heavy atom. The van der Waals surface area contributed by atoms with Crippen molar-refractivity contribution in [2.75, 3.05) is 7.11 Å². The smallest absolute Gasteiger partial charge is 0.220 e. The summed E-state index contributed by atoms with van der Waals surface area (Å²) in [7, 11) is 1.71. The van der Waals surface area contributed by atoms with Crippen molar-refractivity contribution >= 4 is 5.91 Å². The highest BCUT2D eigenvalue weighted by molar-refractivity contribution is 5.77. The molecule has 2 aliphatic rings. The van der Waals surface area contributed by atoms with Crippen LogP contribution in [0.2, 0.25) is 0 Å². The lowest BCUT2D eigenvalue weighted by atomic mass is 9.80. The van der Waals surface area contributed by atoms with Crippen LogP contribution in [0.1, 0.15) is 68.9 Å². The molecule has 1 aromatic rings. The van der Waals surface area contributed by atoms with Gasteiger partial charge in [0.2, 0.25) is 5.91 Å². The van der Waals surface area contributed by atoms with Gasteiger partial charge in [-0.2, -0.15) is 0 Å². The van der Waals surface area contributed by atoms with E-state index in [1.54, 1.807) is 7.11 Å². The molecular formula is C20H29NO2. The summed E-state index contributed by atoms with van der Waals surface area (Å²) in [4.78, 5) is 12.5. The Morgan fingerprint density at radius 3 is 2.91 bits per heavy atom. The first-order chi connectivity index (χ1) is 11.2. The van der Waals surface area contributed by atoms with Gasteiger partial charge in [-0.3, -0.25) is 4.79 Å². The minimum Gasteiger partial charge on any atom is -0.497 e. The van der Waals surface area contributed by atoms with Crippen LogP contribution in [0.25, 0.3) is 0 Å². The number of methoxy groups -OCH3 is 1. The van der Waals surface area contributed by atoms with E-state index in [4.69, 9.17) is 4.74 Å². The molecule has 3 heteroatoms. The molecule has 2 aliphatic carbocycles. The van der Waals surface area contributed by atoms with Crippen LogP contribution < -0.4 is 10.1 Å². The molecule has 1 aromatic carbocycles. The molecular weight excluding hydrogens is 286 g/mol. The third kappa shape index (κ3) is 4.07. The maximum atomic E-state index is 12.5. The van der Waals surface area contributed by atoms with Crippen LogP contribution in [-0.2, 0) is 11.2 Å².